The Morgan fingerprint density at radius 2 is 1.81 bits per heavy atom. The van der Waals surface area contributed by atoms with E-state index >= 15 is 0 Å². The van der Waals surface area contributed by atoms with Crippen molar-refractivity contribution < 1.29 is 13.2 Å². The van der Waals surface area contributed by atoms with Crippen LogP contribution in [0.2, 0.25) is 5.02 Å². The Bertz CT molecular complexity index is 1040. The van der Waals surface area contributed by atoms with E-state index in [9.17, 15) is 13.2 Å². The Labute approximate surface area is 189 Å². The normalized spacial score (nSPS) is 22.8. The molecule has 1 N–H and O–H groups in total. The molecule has 2 aliphatic heterocycles. The summed E-state index contributed by atoms with van der Waals surface area (Å²) in [5.74, 6) is 0.443. The molecule has 2 saturated heterocycles. The van der Waals surface area contributed by atoms with Crippen LogP contribution in [0.25, 0.3) is 0 Å². The molecule has 2 heterocycles. The van der Waals surface area contributed by atoms with Gasteiger partial charge in [0, 0.05) is 42.9 Å². The zero-order valence-corrected chi connectivity index (χ0v) is 19.2. The number of amides is 1. The van der Waals surface area contributed by atoms with Crippen LogP contribution in [0, 0.1) is 6.92 Å². The molecule has 2 fully saturated rings. The standard InChI is InChI=1S/C23H28ClN3O3S/c1-17-7-8-19(15-21(17)24)25-23(28)22(18-5-3-2-4-6-18)27-12-10-26(11-13-27)20-9-14-31(29,30)16-20/h2-8,15,20,22H,9-14,16H2,1H3,(H,25,28)/t20-,22+/m1/s1. The maximum Gasteiger partial charge on any atom is 0.246 e. The van der Waals surface area contributed by atoms with E-state index in [4.69, 9.17) is 11.6 Å². The molecule has 6 nitrogen and oxygen atoms in total. The summed E-state index contributed by atoms with van der Waals surface area (Å²) in [5.41, 5.74) is 2.58. The first-order valence-electron chi connectivity index (χ1n) is 10.6. The minimum absolute atomic E-state index is 0.0944. The number of nitrogens with zero attached hydrogens (tertiary/aromatic N) is 2. The first-order chi connectivity index (χ1) is 14.8. The highest BCUT2D eigenvalue weighted by Crippen LogP contribution is 2.27. The van der Waals surface area contributed by atoms with E-state index in [1.54, 1.807) is 6.07 Å². The van der Waals surface area contributed by atoms with Crippen molar-refractivity contribution in [1.82, 2.24) is 9.80 Å². The van der Waals surface area contributed by atoms with Crippen LogP contribution < -0.4 is 5.32 Å². The van der Waals surface area contributed by atoms with E-state index in [-0.39, 0.29) is 23.5 Å². The highest BCUT2D eigenvalue weighted by Gasteiger charge is 2.36. The molecule has 2 aliphatic rings. The molecule has 166 valence electrons. The lowest BCUT2D eigenvalue weighted by atomic mass is 10.0. The van der Waals surface area contributed by atoms with Crippen molar-refractivity contribution in [3.05, 3.63) is 64.7 Å². The van der Waals surface area contributed by atoms with E-state index in [2.05, 4.69) is 15.1 Å². The van der Waals surface area contributed by atoms with Crippen molar-refractivity contribution in [2.45, 2.75) is 25.4 Å². The molecule has 0 unspecified atom stereocenters. The molecule has 4 rings (SSSR count). The summed E-state index contributed by atoms with van der Waals surface area (Å²) in [5, 5.41) is 3.64. The van der Waals surface area contributed by atoms with E-state index in [1.807, 2.05) is 49.4 Å². The number of hydrogen-bond donors (Lipinski definition) is 1. The molecule has 0 bridgehead atoms. The van der Waals surface area contributed by atoms with Gasteiger partial charge < -0.3 is 5.32 Å². The lowest BCUT2D eigenvalue weighted by molar-refractivity contribution is -0.122. The number of benzene rings is 2. The third-order valence-corrected chi connectivity index (χ3v) is 8.40. The van der Waals surface area contributed by atoms with Crippen molar-refractivity contribution in [3.63, 3.8) is 0 Å². The molecule has 2 aromatic carbocycles. The molecule has 31 heavy (non-hydrogen) atoms. The lowest BCUT2D eigenvalue weighted by Gasteiger charge is -2.40. The number of carbonyl (C=O) groups excluding carboxylic acids is 1. The summed E-state index contributed by atoms with van der Waals surface area (Å²) in [4.78, 5) is 17.8. The zero-order chi connectivity index (χ0) is 22.0. The number of halogens is 1. The van der Waals surface area contributed by atoms with Gasteiger partial charge in [-0.3, -0.25) is 14.6 Å². The second kappa shape index (κ2) is 9.28. The van der Waals surface area contributed by atoms with Crippen molar-refractivity contribution in [1.29, 1.82) is 0 Å². The molecule has 8 heteroatoms. The monoisotopic (exact) mass is 461 g/mol. The molecule has 0 aliphatic carbocycles. The van der Waals surface area contributed by atoms with Crippen LogP contribution in [0.1, 0.15) is 23.6 Å². The number of anilines is 1. The van der Waals surface area contributed by atoms with Gasteiger partial charge in [-0.25, -0.2) is 8.42 Å². The number of carbonyl (C=O) groups is 1. The Morgan fingerprint density at radius 3 is 2.42 bits per heavy atom. The van der Waals surface area contributed by atoms with Crippen LogP contribution in [0.5, 0.6) is 0 Å². The summed E-state index contributed by atoms with van der Waals surface area (Å²) in [7, 11) is -2.90. The molecule has 0 radical (unpaired) electrons. The average Bonchev–Trinajstić information content (AvgIpc) is 3.12. The Morgan fingerprint density at radius 1 is 1.10 bits per heavy atom. The van der Waals surface area contributed by atoms with Gasteiger partial charge in [-0.15, -0.1) is 0 Å². The number of piperazine rings is 1. The lowest BCUT2D eigenvalue weighted by Crippen LogP contribution is -2.53. The second-order valence-corrected chi connectivity index (χ2v) is 11.0. The Hall–Kier alpha value is -1.93. The van der Waals surface area contributed by atoms with Crippen LogP contribution >= 0.6 is 11.6 Å². The third-order valence-electron chi connectivity index (χ3n) is 6.24. The number of nitrogens with one attached hydrogen (secondary N) is 1. The first-order valence-corrected chi connectivity index (χ1v) is 12.8. The van der Waals surface area contributed by atoms with Gasteiger partial charge in [0.25, 0.3) is 0 Å². The van der Waals surface area contributed by atoms with Crippen molar-refractivity contribution in [2.75, 3.05) is 43.0 Å². The van der Waals surface area contributed by atoms with E-state index in [0.717, 1.165) is 24.2 Å². The number of aryl methyl sites for hydroxylation is 1. The minimum atomic E-state index is -2.90. The maximum absolute atomic E-state index is 13.3. The summed E-state index contributed by atoms with van der Waals surface area (Å²) in [6.07, 6.45) is 0.707. The predicted molar refractivity (Wildman–Crippen MR) is 124 cm³/mol. The van der Waals surface area contributed by atoms with Crippen molar-refractivity contribution in [2.24, 2.45) is 0 Å². The molecule has 0 saturated carbocycles. The van der Waals surface area contributed by atoms with E-state index in [1.165, 1.54) is 0 Å². The van der Waals surface area contributed by atoms with Gasteiger partial charge in [-0.05, 0) is 36.6 Å². The molecule has 2 atom stereocenters. The highest BCUT2D eigenvalue weighted by atomic mass is 35.5. The fourth-order valence-electron chi connectivity index (χ4n) is 4.47. The number of sulfone groups is 1. The van der Waals surface area contributed by atoms with Crippen LogP contribution in [0.3, 0.4) is 0 Å². The second-order valence-electron chi connectivity index (χ2n) is 8.40. The minimum Gasteiger partial charge on any atom is -0.324 e. The zero-order valence-electron chi connectivity index (χ0n) is 17.6. The van der Waals surface area contributed by atoms with E-state index < -0.39 is 15.9 Å². The SMILES string of the molecule is Cc1ccc(NC(=O)[C@H](c2ccccc2)N2CCN([C@@H]3CCS(=O)(=O)C3)CC2)cc1Cl. The fraction of sp³-hybridized carbons (Fsp3) is 0.435. The average molecular weight is 462 g/mol. The molecular formula is C23H28ClN3O3S. The van der Waals surface area contributed by atoms with Gasteiger partial charge in [0.15, 0.2) is 9.84 Å². The Balaban J connectivity index is 1.48. The van der Waals surface area contributed by atoms with Gasteiger partial charge in [0.2, 0.25) is 5.91 Å². The third kappa shape index (κ3) is 5.29. The molecule has 2 aromatic rings. The van der Waals surface area contributed by atoms with Crippen LogP contribution in [-0.2, 0) is 14.6 Å². The van der Waals surface area contributed by atoms with Crippen LogP contribution in [0.15, 0.2) is 48.5 Å². The smallest absolute Gasteiger partial charge is 0.246 e. The highest BCUT2D eigenvalue weighted by molar-refractivity contribution is 7.91. The molecule has 0 aromatic heterocycles. The van der Waals surface area contributed by atoms with Gasteiger partial charge in [-0.2, -0.15) is 0 Å². The van der Waals surface area contributed by atoms with Crippen molar-refractivity contribution in [3.8, 4) is 0 Å². The van der Waals surface area contributed by atoms with Crippen LogP contribution in [-0.4, -0.2) is 67.9 Å². The molecular weight excluding hydrogens is 434 g/mol. The van der Waals surface area contributed by atoms with Gasteiger partial charge in [0.1, 0.15) is 6.04 Å². The summed E-state index contributed by atoms with van der Waals surface area (Å²) in [6, 6.07) is 15.0. The number of hydrogen-bond acceptors (Lipinski definition) is 5. The maximum atomic E-state index is 13.3. The van der Waals surface area contributed by atoms with Gasteiger partial charge >= 0.3 is 0 Å². The summed E-state index contributed by atoms with van der Waals surface area (Å²) >= 11 is 6.23. The van der Waals surface area contributed by atoms with E-state index in [0.29, 0.717) is 30.2 Å². The topological polar surface area (TPSA) is 69.7 Å². The largest absolute Gasteiger partial charge is 0.324 e. The van der Waals surface area contributed by atoms with Crippen LogP contribution in [0.4, 0.5) is 5.69 Å². The summed E-state index contributed by atoms with van der Waals surface area (Å²) < 4.78 is 23.7. The molecule has 0 spiro atoms. The number of rotatable bonds is 5. The fourth-order valence-corrected chi connectivity index (χ4v) is 6.41. The summed E-state index contributed by atoms with van der Waals surface area (Å²) in [6.45, 7) is 4.85. The van der Waals surface area contributed by atoms with Gasteiger partial charge in [-0.1, -0.05) is 48.0 Å². The quantitative estimate of drug-likeness (QED) is 0.740. The Kier molecular flexibility index (Phi) is 6.67. The molecule has 1 amide bonds. The van der Waals surface area contributed by atoms with Crippen molar-refractivity contribution >= 4 is 33.0 Å². The predicted octanol–water partition coefficient (Wildman–Crippen LogP) is 3.13. The first kappa shape index (κ1) is 22.3. The van der Waals surface area contributed by atoms with Gasteiger partial charge in [0.05, 0.1) is 11.5 Å².